The number of furan rings is 1. The average molecular weight is 346 g/mol. The first-order valence-electron chi connectivity index (χ1n) is 9.13. The number of rotatable bonds is 3. The third-order valence-electron chi connectivity index (χ3n) is 4.91. The zero-order valence-electron chi connectivity index (χ0n) is 14.8. The summed E-state index contributed by atoms with van der Waals surface area (Å²) in [6, 6.07) is 37.6. The van der Waals surface area contributed by atoms with Crippen LogP contribution in [0.15, 0.2) is 114 Å². The molecule has 0 fully saturated rings. The molecule has 0 radical (unpaired) electrons. The van der Waals surface area contributed by atoms with Crippen molar-refractivity contribution in [1.82, 2.24) is 0 Å². The van der Waals surface area contributed by atoms with Gasteiger partial charge in [0.2, 0.25) is 0 Å². The van der Waals surface area contributed by atoms with Gasteiger partial charge in [-0.2, -0.15) is 0 Å². The van der Waals surface area contributed by atoms with E-state index in [1.807, 2.05) is 24.3 Å². The molecule has 0 aliphatic carbocycles. The number of hydrogen-bond donors (Lipinski definition) is 0. The van der Waals surface area contributed by atoms with Gasteiger partial charge in [-0.05, 0) is 11.1 Å². The van der Waals surface area contributed by atoms with Gasteiger partial charge in [-0.1, -0.05) is 109 Å². The van der Waals surface area contributed by atoms with Gasteiger partial charge >= 0.3 is 0 Å². The van der Waals surface area contributed by atoms with E-state index in [1.54, 1.807) is 0 Å². The Balaban J connectivity index is 1.79. The number of fused-ring (bicyclic) bond motifs is 1. The summed E-state index contributed by atoms with van der Waals surface area (Å²) < 4.78 is 6.50. The summed E-state index contributed by atoms with van der Waals surface area (Å²) in [4.78, 5) is 0. The largest absolute Gasteiger partial charge is 0.455 e. The maximum Gasteiger partial charge on any atom is 0.143 e. The molecule has 0 amide bonds. The zero-order chi connectivity index (χ0) is 18.1. The summed E-state index contributed by atoms with van der Waals surface area (Å²) in [5.41, 5.74) is 4.58. The second-order valence-corrected chi connectivity index (χ2v) is 6.58. The average Bonchev–Trinajstić information content (AvgIpc) is 3.15. The third-order valence-corrected chi connectivity index (χ3v) is 4.91. The summed E-state index contributed by atoms with van der Waals surface area (Å²) in [5.74, 6) is 1.84. The molecule has 0 saturated heterocycles. The minimum absolute atomic E-state index is 0.920. The summed E-state index contributed by atoms with van der Waals surface area (Å²) in [6.07, 6.45) is 0. The summed E-state index contributed by atoms with van der Waals surface area (Å²) in [5, 5.41) is 2.28. The van der Waals surface area contributed by atoms with Crippen molar-refractivity contribution in [2.75, 3.05) is 0 Å². The van der Waals surface area contributed by atoms with E-state index in [9.17, 15) is 0 Å². The van der Waals surface area contributed by atoms with Crippen molar-refractivity contribution in [2.24, 2.45) is 0 Å². The van der Waals surface area contributed by atoms with E-state index in [4.69, 9.17) is 4.42 Å². The van der Waals surface area contributed by atoms with Crippen LogP contribution in [0.4, 0.5) is 0 Å². The molecule has 0 N–H and O–H groups in total. The predicted octanol–water partition coefficient (Wildman–Crippen LogP) is 7.43. The van der Waals surface area contributed by atoms with Crippen LogP contribution in [0.3, 0.4) is 0 Å². The quantitative estimate of drug-likeness (QED) is 0.331. The van der Waals surface area contributed by atoms with Gasteiger partial charge in [0, 0.05) is 21.9 Å². The second kappa shape index (κ2) is 6.62. The highest BCUT2D eigenvalue weighted by Crippen LogP contribution is 2.42. The summed E-state index contributed by atoms with van der Waals surface area (Å²) >= 11 is 0. The summed E-state index contributed by atoms with van der Waals surface area (Å²) in [7, 11) is 0. The maximum atomic E-state index is 6.50. The van der Waals surface area contributed by atoms with Crippen LogP contribution in [0.25, 0.3) is 44.5 Å². The van der Waals surface area contributed by atoms with Gasteiger partial charge in [-0.25, -0.2) is 0 Å². The lowest BCUT2D eigenvalue weighted by atomic mass is 9.96. The van der Waals surface area contributed by atoms with Crippen LogP contribution in [-0.2, 0) is 0 Å². The van der Waals surface area contributed by atoms with Gasteiger partial charge in [0.05, 0.1) is 0 Å². The molecule has 0 aliphatic rings. The fourth-order valence-corrected chi connectivity index (χ4v) is 3.65. The van der Waals surface area contributed by atoms with E-state index in [0.717, 1.165) is 33.4 Å². The first kappa shape index (κ1) is 15.7. The minimum atomic E-state index is 0.920. The molecular weight excluding hydrogens is 328 g/mol. The molecule has 1 heterocycles. The summed E-state index contributed by atoms with van der Waals surface area (Å²) in [6.45, 7) is 0. The lowest BCUT2D eigenvalue weighted by molar-refractivity contribution is 0.602. The molecule has 27 heavy (non-hydrogen) atoms. The number of benzene rings is 4. The van der Waals surface area contributed by atoms with E-state index < -0.39 is 0 Å². The normalized spacial score (nSPS) is 11.0. The van der Waals surface area contributed by atoms with Crippen LogP contribution >= 0.6 is 0 Å². The molecule has 5 rings (SSSR count). The fraction of sp³-hybridized carbons (Fsp3) is 0. The molecule has 128 valence electrons. The molecule has 1 heteroatoms. The van der Waals surface area contributed by atoms with Crippen LogP contribution in [0.2, 0.25) is 0 Å². The molecule has 0 aliphatic heterocycles. The van der Waals surface area contributed by atoms with E-state index in [0.29, 0.717) is 0 Å². The first-order chi connectivity index (χ1) is 13.4. The van der Waals surface area contributed by atoms with Crippen LogP contribution in [-0.4, -0.2) is 0 Å². The highest BCUT2D eigenvalue weighted by molar-refractivity contribution is 6.04. The van der Waals surface area contributed by atoms with Gasteiger partial charge in [-0.3, -0.25) is 0 Å². The Bertz CT molecular complexity index is 1200. The van der Waals surface area contributed by atoms with Crippen LogP contribution in [0.5, 0.6) is 0 Å². The van der Waals surface area contributed by atoms with Crippen molar-refractivity contribution >= 4 is 10.8 Å². The smallest absolute Gasteiger partial charge is 0.143 e. The minimum Gasteiger partial charge on any atom is -0.455 e. The highest BCUT2D eigenvalue weighted by atomic mass is 16.3. The first-order valence-corrected chi connectivity index (χ1v) is 9.13. The van der Waals surface area contributed by atoms with Crippen molar-refractivity contribution in [3.8, 4) is 33.8 Å². The van der Waals surface area contributed by atoms with Crippen molar-refractivity contribution in [2.45, 2.75) is 0 Å². The van der Waals surface area contributed by atoms with E-state index in [2.05, 4.69) is 84.9 Å². The highest BCUT2D eigenvalue weighted by Gasteiger charge is 2.18. The molecule has 0 spiro atoms. The van der Waals surface area contributed by atoms with Crippen molar-refractivity contribution in [3.63, 3.8) is 0 Å². The van der Waals surface area contributed by atoms with Crippen molar-refractivity contribution in [1.29, 1.82) is 0 Å². The Kier molecular flexibility index (Phi) is 3.84. The predicted molar refractivity (Wildman–Crippen MR) is 113 cm³/mol. The lowest BCUT2D eigenvalue weighted by Gasteiger charge is -2.08. The molecule has 0 atom stereocenters. The van der Waals surface area contributed by atoms with Crippen LogP contribution in [0, 0.1) is 0 Å². The van der Waals surface area contributed by atoms with Gasteiger partial charge < -0.3 is 4.42 Å². The molecule has 1 nitrogen and oxygen atoms in total. The van der Waals surface area contributed by atoms with Gasteiger partial charge in [-0.15, -0.1) is 0 Å². The van der Waals surface area contributed by atoms with E-state index in [-0.39, 0.29) is 0 Å². The maximum absolute atomic E-state index is 6.50. The van der Waals surface area contributed by atoms with Crippen molar-refractivity contribution < 1.29 is 4.42 Å². The molecule has 4 aromatic carbocycles. The Hall–Kier alpha value is -3.58. The Morgan fingerprint density at radius 2 is 0.852 bits per heavy atom. The van der Waals surface area contributed by atoms with E-state index >= 15 is 0 Å². The number of hydrogen-bond acceptors (Lipinski definition) is 1. The fourth-order valence-electron chi connectivity index (χ4n) is 3.65. The Labute approximate surface area is 158 Å². The molecule has 0 unspecified atom stereocenters. The van der Waals surface area contributed by atoms with Crippen LogP contribution < -0.4 is 0 Å². The molecule has 1 aromatic heterocycles. The van der Waals surface area contributed by atoms with E-state index in [1.165, 1.54) is 11.1 Å². The van der Waals surface area contributed by atoms with Gasteiger partial charge in [0.15, 0.2) is 0 Å². The molecule has 5 aromatic rings. The second-order valence-electron chi connectivity index (χ2n) is 6.58. The monoisotopic (exact) mass is 346 g/mol. The topological polar surface area (TPSA) is 13.1 Å². The zero-order valence-corrected chi connectivity index (χ0v) is 14.8. The Morgan fingerprint density at radius 1 is 0.370 bits per heavy atom. The molecule has 0 bridgehead atoms. The lowest BCUT2D eigenvalue weighted by Crippen LogP contribution is -1.83. The van der Waals surface area contributed by atoms with Crippen LogP contribution in [0.1, 0.15) is 0 Å². The van der Waals surface area contributed by atoms with Gasteiger partial charge in [0.25, 0.3) is 0 Å². The molecular formula is C26H18O. The Morgan fingerprint density at radius 3 is 1.52 bits per heavy atom. The standard InChI is InChI=1S/C26H18O/c1-3-11-19(12-4-1)21-15-7-8-16-22(21)26-24-18-10-9-17-23(24)25(27-26)20-13-5-2-6-14-20/h1-18H. The molecule has 0 saturated carbocycles. The third kappa shape index (κ3) is 2.74. The van der Waals surface area contributed by atoms with Gasteiger partial charge in [0.1, 0.15) is 11.5 Å². The van der Waals surface area contributed by atoms with Crippen molar-refractivity contribution in [3.05, 3.63) is 109 Å². The SMILES string of the molecule is c1ccc(-c2ccccc2-c2oc(-c3ccccc3)c3ccccc23)cc1.